The molecule has 5 saturated heterocycles. The number of likely N-dealkylation sites (tertiary alicyclic amines) is 4. The zero-order chi connectivity index (χ0) is 17.6. The Morgan fingerprint density at radius 2 is 1.56 bits per heavy atom. The summed E-state index contributed by atoms with van der Waals surface area (Å²) in [5.74, 6) is 0. The molecule has 5 rings (SSSR count). The van der Waals surface area contributed by atoms with Gasteiger partial charge < -0.3 is 25.1 Å². The first-order chi connectivity index (χ1) is 12.0. The Balaban J connectivity index is 0.000000222. The molecular weight excluding hydrogens is 478 g/mol. The number of piperidine rings is 1. The Labute approximate surface area is 183 Å². The standard InChI is InChI=1S/C12H21N3O2.C6H12N2.2BrH/c1-13-7-11-6-10(13)8-15(11)9-2-4-14(5-3-9)12(16)17;1-8-4-5-2-6(8)3-7-5;;/h9-11H,2-8H2,1H3,(H,16,17);5-7H,2-4H2,1H3;2*1H. The number of amides is 1. The summed E-state index contributed by atoms with van der Waals surface area (Å²) in [5, 5.41) is 12.4. The van der Waals surface area contributed by atoms with Crippen LogP contribution in [0.15, 0.2) is 0 Å². The number of halogens is 2. The van der Waals surface area contributed by atoms with Crippen molar-refractivity contribution in [2.45, 2.75) is 55.9 Å². The van der Waals surface area contributed by atoms with Crippen molar-refractivity contribution in [2.75, 3.05) is 53.4 Å². The first-order valence-electron chi connectivity index (χ1n) is 9.88. The van der Waals surface area contributed by atoms with Crippen LogP contribution in [-0.2, 0) is 0 Å². The van der Waals surface area contributed by atoms with Crippen molar-refractivity contribution in [3.05, 3.63) is 0 Å². The van der Waals surface area contributed by atoms with Gasteiger partial charge in [0.05, 0.1) is 0 Å². The molecule has 5 heterocycles. The van der Waals surface area contributed by atoms with Crippen LogP contribution in [0.1, 0.15) is 25.7 Å². The normalized spacial score (nSPS) is 36.1. The molecule has 0 aromatic rings. The number of carbonyl (C=O) groups is 1. The molecule has 27 heavy (non-hydrogen) atoms. The fraction of sp³-hybridized carbons (Fsp3) is 0.944. The van der Waals surface area contributed by atoms with E-state index in [1.807, 2.05) is 0 Å². The average Bonchev–Trinajstić information content (AvgIpc) is 3.35. The predicted molar refractivity (Wildman–Crippen MR) is 118 cm³/mol. The Morgan fingerprint density at radius 1 is 0.889 bits per heavy atom. The number of hydrogen-bond acceptors (Lipinski definition) is 5. The lowest BCUT2D eigenvalue weighted by Crippen LogP contribution is -2.53. The van der Waals surface area contributed by atoms with Crippen molar-refractivity contribution in [3.8, 4) is 0 Å². The van der Waals surface area contributed by atoms with Gasteiger partial charge >= 0.3 is 6.09 Å². The van der Waals surface area contributed by atoms with Crippen molar-refractivity contribution in [3.63, 3.8) is 0 Å². The molecule has 5 aliphatic rings. The van der Waals surface area contributed by atoms with E-state index >= 15 is 0 Å². The second kappa shape index (κ2) is 9.71. The molecule has 5 fully saturated rings. The molecule has 4 bridgehead atoms. The van der Waals surface area contributed by atoms with E-state index in [1.54, 1.807) is 4.90 Å². The van der Waals surface area contributed by atoms with Gasteiger partial charge in [-0.15, -0.1) is 34.0 Å². The van der Waals surface area contributed by atoms with Crippen LogP contribution in [0.25, 0.3) is 0 Å². The molecule has 0 aliphatic carbocycles. The van der Waals surface area contributed by atoms with E-state index in [0.29, 0.717) is 19.1 Å². The molecule has 0 aromatic heterocycles. The number of nitrogens with zero attached hydrogens (tertiary/aromatic N) is 4. The summed E-state index contributed by atoms with van der Waals surface area (Å²) in [4.78, 5) is 20.0. The van der Waals surface area contributed by atoms with Crippen LogP contribution < -0.4 is 5.32 Å². The third kappa shape index (κ3) is 4.98. The van der Waals surface area contributed by atoms with E-state index < -0.39 is 6.09 Å². The highest BCUT2D eigenvalue weighted by Crippen LogP contribution is 2.33. The first kappa shape index (κ1) is 23.3. The molecule has 0 aromatic carbocycles. The van der Waals surface area contributed by atoms with Crippen LogP contribution in [0.2, 0.25) is 0 Å². The maximum Gasteiger partial charge on any atom is 0.407 e. The monoisotopic (exact) mass is 511 g/mol. The third-order valence-corrected chi connectivity index (χ3v) is 7.09. The summed E-state index contributed by atoms with van der Waals surface area (Å²) in [7, 11) is 4.43. The molecule has 0 radical (unpaired) electrons. The van der Waals surface area contributed by atoms with Crippen molar-refractivity contribution in [1.29, 1.82) is 0 Å². The molecule has 158 valence electrons. The Hall–Kier alpha value is 0.0700. The molecule has 0 saturated carbocycles. The maximum absolute atomic E-state index is 10.9. The van der Waals surface area contributed by atoms with Crippen LogP contribution in [0.3, 0.4) is 0 Å². The van der Waals surface area contributed by atoms with Crippen molar-refractivity contribution in [2.24, 2.45) is 0 Å². The van der Waals surface area contributed by atoms with Gasteiger partial charge in [0.15, 0.2) is 0 Å². The summed E-state index contributed by atoms with van der Waals surface area (Å²) < 4.78 is 0. The molecule has 7 nitrogen and oxygen atoms in total. The first-order valence-corrected chi connectivity index (χ1v) is 9.88. The molecule has 5 aliphatic heterocycles. The number of piperazine rings is 2. The summed E-state index contributed by atoms with van der Waals surface area (Å²) in [6.07, 6.45) is 3.97. The van der Waals surface area contributed by atoms with E-state index in [1.165, 1.54) is 39.0 Å². The lowest BCUT2D eigenvalue weighted by Gasteiger charge is -2.41. The number of carboxylic acid groups (broad SMARTS) is 1. The van der Waals surface area contributed by atoms with Gasteiger partial charge in [-0.25, -0.2) is 4.79 Å². The quantitative estimate of drug-likeness (QED) is 0.552. The fourth-order valence-corrected chi connectivity index (χ4v) is 5.50. The lowest BCUT2D eigenvalue weighted by molar-refractivity contribution is 0.0617. The Bertz CT molecular complexity index is 502. The number of fused-ring (bicyclic) bond motifs is 4. The van der Waals surface area contributed by atoms with Crippen molar-refractivity contribution >= 4 is 40.1 Å². The molecule has 4 unspecified atom stereocenters. The number of likely N-dealkylation sites (N-methyl/N-ethyl adjacent to an activating group) is 2. The smallest absolute Gasteiger partial charge is 0.407 e. The number of hydrogen-bond donors (Lipinski definition) is 2. The van der Waals surface area contributed by atoms with Gasteiger partial charge in [0.25, 0.3) is 0 Å². The maximum atomic E-state index is 10.9. The van der Waals surface area contributed by atoms with Crippen molar-refractivity contribution < 1.29 is 9.90 Å². The van der Waals surface area contributed by atoms with Gasteiger partial charge in [0, 0.05) is 69.5 Å². The van der Waals surface area contributed by atoms with Gasteiger partial charge in [-0.1, -0.05) is 0 Å². The number of nitrogens with one attached hydrogen (secondary N) is 1. The molecule has 4 atom stereocenters. The highest BCUT2D eigenvalue weighted by molar-refractivity contribution is 8.93. The van der Waals surface area contributed by atoms with Crippen LogP contribution in [0.4, 0.5) is 4.79 Å². The predicted octanol–water partition coefficient (Wildman–Crippen LogP) is 1.34. The summed E-state index contributed by atoms with van der Waals surface area (Å²) in [6, 6.07) is 3.78. The summed E-state index contributed by atoms with van der Waals surface area (Å²) in [6.45, 7) is 6.31. The fourth-order valence-electron chi connectivity index (χ4n) is 5.50. The highest BCUT2D eigenvalue weighted by Gasteiger charge is 2.44. The summed E-state index contributed by atoms with van der Waals surface area (Å²) >= 11 is 0. The van der Waals surface area contributed by atoms with Crippen LogP contribution in [0, 0.1) is 0 Å². The minimum atomic E-state index is -0.758. The van der Waals surface area contributed by atoms with Gasteiger partial charge in [-0.3, -0.25) is 4.90 Å². The van der Waals surface area contributed by atoms with Crippen LogP contribution in [0.5, 0.6) is 0 Å². The minimum absolute atomic E-state index is 0. The van der Waals surface area contributed by atoms with E-state index in [4.69, 9.17) is 5.11 Å². The van der Waals surface area contributed by atoms with E-state index in [9.17, 15) is 4.79 Å². The Morgan fingerprint density at radius 3 is 1.93 bits per heavy atom. The topological polar surface area (TPSA) is 62.3 Å². The highest BCUT2D eigenvalue weighted by atomic mass is 79.9. The SMILES string of the molecule is Br.Br.CN1CC2CC1CN2.CN1CC2CC1CN2C1CCN(C(=O)O)CC1. The van der Waals surface area contributed by atoms with Crippen LogP contribution >= 0.6 is 34.0 Å². The lowest BCUT2D eigenvalue weighted by atomic mass is 10.0. The zero-order valence-corrected chi connectivity index (χ0v) is 19.8. The van der Waals surface area contributed by atoms with E-state index in [2.05, 4.69) is 34.1 Å². The second-order valence-corrected chi connectivity index (χ2v) is 8.61. The Kier molecular flexibility index (Phi) is 8.40. The van der Waals surface area contributed by atoms with E-state index in [0.717, 1.165) is 37.0 Å². The minimum Gasteiger partial charge on any atom is -0.465 e. The van der Waals surface area contributed by atoms with Crippen LogP contribution in [-0.4, -0.2) is 114 Å². The van der Waals surface area contributed by atoms with Gasteiger partial charge in [-0.05, 0) is 39.8 Å². The summed E-state index contributed by atoms with van der Waals surface area (Å²) in [5.41, 5.74) is 0. The zero-order valence-electron chi connectivity index (χ0n) is 16.4. The second-order valence-electron chi connectivity index (χ2n) is 8.61. The van der Waals surface area contributed by atoms with Gasteiger partial charge in [-0.2, -0.15) is 0 Å². The molecular formula is C18H35Br2N5O2. The molecule has 9 heteroatoms. The third-order valence-electron chi connectivity index (χ3n) is 7.09. The molecule has 2 N–H and O–H groups in total. The van der Waals surface area contributed by atoms with Crippen molar-refractivity contribution in [1.82, 2.24) is 24.9 Å². The largest absolute Gasteiger partial charge is 0.465 e. The van der Waals surface area contributed by atoms with Gasteiger partial charge in [0.1, 0.15) is 0 Å². The molecule has 0 spiro atoms. The molecule has 1 amide bonds. The van der Waals surface area contributed by atoms with Gasteiger partial charge in [0.2, 0.25) is 0 Å². The number of rotatable bonds is 1. The van der Waals surface area contributed by atoms with E-state index in [-0.39, 0.29) is 34.0 Å². The average molecular weight is 513 g/mol.